The zero-order valence-electron chi connectivity index (χ0n) is 14.8. The van der Waals surface area contributed by atoms with Crippen LogP contribution in [0.2, 0.25) is 0 Å². The number of ether oxygens (including phenoxy) is 1. The number of carbonyl (C=O) groups excluding carboxylic acids is 2. The molecule has 142 valence electrons. The van der Waals surface area contributed by atoms with Crippen LogP contribution >= 0.6 is 11.8 Å². The van der Waals surface area contributed by atoms with Crippen molar-refractivity contribution in [3.63, 3.8) is 0 Å². The van der Waals surface area contributed by atoms with Crippen molar-refractivity contribution >= 4 is 32.9 Å². The van der Waals surface area contributed by atoms with Gasteiger partial charge < -0.3 is 4.74 Å². The molecule has 2 fully saturated rings. The van der Waals surface area contributed by atoms with Gasteiger partial charge in [-0.15, -0.1) is 0 Å². The minimum Gasteiger partial charge on any atom is -0.494 e. The van der Waals surface area contributed by atoms with Crippen molar-refractivity contribution in [1.82, 2.24) is 9.21 Å². The molecule has 2 amide bonds. The lowest BCUT2D eigenvalue weighted by atomic mass is 10.1. The molecule has 0 radical (unpaired) electrons. The molecule has 26 heavy (non-hydrogen) atoms. The van der Waals surface area contributed by atoms with E-state index in [0.717, 1.165) is 17.3 Å². The Bertz CT molecular complexity index is 800. The molecule has 2 aliphatic heterocycles. The molecule has 0 atom stereocenters. The van der Waals surface area contributed by atoms with Crippen LogP contribution in [0.25, 0.3) is 0 Å². The van der Waals surface area contributed by atoms with Crippen LogP contribution in [-0.2, 0) is 14.8 Å². The molecule has 1 aromatic rings. The molecule has 3 rings (SSSR count). The van der Waals surface area contributed by atoms with Gasteiger partial charge in [-0.3, -0.25) is 14.5 Å². The van der Waals surface area contributed by atoms with Crippen LogP contribution < -0.4 is 4.74 Å². The number of sulfonamides is 1. The van der Waals surface area contributed by atoms with Crippen molar-refractivity contribution in [2.45, 2.75) is 37.6 Å². The van der Waals surface area contributed by atoms with Crippen LogP contribution in [0.4, 0.5) is 4.79 Å². The van der Waals surface area contributed by atoms with E-state index in [4.69, 9.17) is 4.74 Å². The van der Waals surface area contributed by atoms with Crippen LogP contribution in [0.5, 0.6) is 5.75 Å². The van der Waals surface area contributed by atoms with Gasteiger partial charge in [-0.05, 0) is 50.5 Å². The fourth-order valence-corrected chi connectivity index (χ4v) is 5.64. The first kappa shape index (κ1) is 19.2. The highest BCUT2D eigenvalue weighted by molar-refractivity contribution is 8.14. The number of nitrogens with zero attached hydrogens (tertiary/aromatic N) is 2. The second-order valence-corrected chi connectivity index (χ2v) is 9.18. The Balaban J connectivity index is 1.71. The van der Waals surface area contributed by atoms with Gasteiger partial charge in [0.15, 0.2) is 0 Å². The van der Waals surface area contributed by atoms with Crippen molar-refractivity contribution in [3.8, 4) is 5.75 Å². The summed E-state index contributed by atoms with van der Waals surface area (Å²) in [6.07, 6.45) is 0.931. The van der Waals surface area contributed by atoms with E-state index >= 15 is 0 Å². The summed E-state index contributed by atoms with van der Waals surface area (Å²) in [4.78, 5) is 25.2. The van der Waals surface area contributed by atoms with Gasteiger partial charge >= 0.3 is 0 Å². The number of carbonyl (C=O) groups is 2. The lowest BCUT2D eigenvalue weighted by Gasteiger charge is -2.34. The Morgan fingerprint density at radius 1 is 1.23 bits per heavy atom. The number of aryl methyl sites for hydroxylation is 1. The highest BCUT2D eigenvalue weighted by Crippen LogP contribution is 2.30. The van der Waals surface area contributed by atoms with Crippen LogP contribution in [0, 0.1) is 6.92 Å². The minimum absolute atomic E-state index is 0.177. The molecular weight excluding hydrogens is 376 g/mol. The van der Waals surface area contributed by atoms with E-state index in [-0.39, 0.29) is 27.8 Å². The summed E-state index contributed by atoms with van der Waals surface area (Å²) >= 11 is 1.01. The van der Waals surface area contributed by atoms with E-state index in [0.29, 0.717) is 38.3 Å². The minimum atomic E-state index is -3.61. The number of thioether (sulfide) groups is 1. The molecule has 9 heteroatoms. The summed E-state index contributed by atoms with van der Waals surface area (Å²) in [7, 11) is -3.61. The zero-order chi connectivity index (χ0) is 18.9. The number of hydrogen-bond acceptors (Lipinski definition) is 6. The third-order valence-electron chi connectivity index (χ3n) is 4.66. The third kappa shape index (κ3) is 3.60. The van der Waals surface area contributed by atoms with Gasteiger partial charge in [0.2, 0.25) is 15.9 Å². The van der Waals surface area contributed by atoms with Gasteiger partial charge in [-0.1, -0.05) is 11.8 Å². The summed E-state index contributed by atoms with van der Waals surface area (Å²) in [6, 6.07) is 4.65. The molecule has 0 aliphatic carbocycles. The summed E-state index contributed by atoms with van der Waals surface area (Å²) in [5.41, 5.74) is 0.771. The second kappa shape index (κ2) is 7.58. The van der Waals surface area contributed by atoms with Gasteiger partial charge in [0.25, 0.3) is 5.24 Å². The molecule has 0 spiro atoms. The number of piperidine rings is 1. The molecule has 2 saturated heterocycles. The van der Waals surface area contributed by atoms with Gasteiger partial charge in [0.05, 0.1) is 17.3 Å². The Kier molecular flexibility index (Phi) is 5.59. The average Bonchev–Trinajstić information content (AvgIpc) is 2.95. The lowest BCUT2D eigenvalue weighted by Crippen LogP contribution is -2.48. The number of amides is 2. The molecule has 0 aromatic heterocycles. The van der Waals surface area contributed by atoms with E-state index < -0.39 is 10.0 Å². The quantitative estimate of drug-likeness (QED) is 0.756. The fourth-order valence-electron chi connectivity index (χ4n) is 3.31. The lowest BCUT2D eigenvalue weighted by molar-refractivity contribution is -0.126. The first-order chi connectivity index (χ1) is 12.3. The van der Waals surface area contributed by atoms with Crippen molar-refractivity contribution in [1.29, 1.82) is 0 Å². The van der Waals surface area contributed by atoms with E-state index in [1.165, 1.54) is 9.21 Å². The Hall–Kier alpha value is -1.58. The maximum atomic E-state index is 12.9. The molecule has 2 heterocycles. The SMILES string of the molecule is CCOc1ccc(S(=O)(=O)N2CCC(N3C(=O)CSC3=O)CC2)cc1C. The first-order valence-corrected chi connectivity index (χ1v) is 11.0. The molecule has 2 aliphatic rings. The number of benzene rings is 1. The standard InChI is InChI=1S/C17H22N2O5S2/c1-3-24-15-5-4-14(10-12(15)2)26(22,23)18-8-6-13(7-9-18)19-16(20)11-25-17(19)21/h4-5,10,13H,3,6-9,11H2,1-2H3. The van der Waals surface area contributed by atoms with Gasteiger partial charge in [0.1, 0.15) is 5.75 Å². The molecule has 0 unspecified atom stereocenters. The Morgan fingerprint density at radius 2 is 1.92 bits per heavy atom. The fraction of sp³-hybridized carbons (Fsp3) is 0.529. The van der Waals surface area contributed by atoms with Crippen LogP contribution in [0.1, 0.15) is 25.3 Å². The highest BCUT2D eigenvalue weighted by atomic mass is 32.2. The summed E-state index contributed by atoms with van der Waals surface area (Å²) in [5, 5.41) is -0.224. The number of hydrogen-bond donors (Lipinski definition) is 0. The van der Waals surface area contributed by atoms with E-state index in [2.05, 4.69) is 0 Å². The van der Waals surface area contributed by atoms with Crippen molar-refractivity contribution in [2.24, 2.45) is 0 Å². The largest absolute Gasteiger partial charge is 0.494 e. The first-order valence-electron chi connectivity index (χ1n) is 8.57. The van der Waals surface area contributed by atoms with Gasteiger partial charge in [0, 0.05) is 19.1 Å². The van der Waals surface area contributed by atoms with E-state index in [9.17, 15) is 18.0 Å². The topological polar surface area (TPSA) is 84.0 Å². The van der Waals surface area contributed by atoms with Gasteiger partial charge in [-0.2, -0.15) is 4.31 Å². The maximum absolute atomic E-state index is 12.9. The number of rotatable bonds is 5. The number of imide groups is 1. The van der Waals surface area contributed by atoms with E-state index in [1.54, 1.807) is 18.2 Å². The Morgan fingerprint density at radius 3 is 2.46 bits per heavy atom. The van der Waals surface area contributed by atoms with E-state index in [1.807, 2.05) is 13.8 Å². The predicted molar refractivity (Wildman–Crippen MR) is 98.8 cm³/mol. The molecule has 0 saturated carbocycles. The highest BCUT2D eigenvalue weighted by Gasteiger charge is 2.39. The molecular formula is C17H22N2O5S2. The maximum Gasteiger partial charge on any atom is 0.289 e. The molecule has 0 N–H and O–H groups in total. The average molecular weight is 399 g/mol. The Labute approximate surface area is 157 Å². The van der Waals surface area contributed by atoms with Crippen molar-refractivity contribution in [3.05, 3.63) is 23.8 Å². The third-order valence-corrected chi connectivity index (χ3v) is 7.39. The molecule has 1 aromatic carbocycles. The zero-order valence-corrected chi connectivity index (χ0v) is 16.4. The predicted octanol–water partition coefficient (Wildman–Crippen LogP) is 2.24. The molecule has 0 bridgehead atoms. The van der Waals surface area contributed by atoms with Gasteiger partial charge in [-0.25, -0.2) is 8.42 Å². The van der Waals surface area contributed by atoms with Crippen molar-refractivity contribution in [2.75, 3.05) is 25.4 Å². The van der Waals surface area contributed by atoms with Crippen LogP contribution in [0.15, 0.2) is 23.1 Å². The van der Waals surface area contributed by atoms with Crippen LogP contribution in [0.3, 0.4) is 0 Å². The monoisotopic (exact) mass is 398 g/mol. The molecule has 7 nitrogen and oxygen atoms in total. The normalized spacial score (nSPS) is 20.0. The van der Waals surface area contributed by atoms with Crippen LogP contribution in [-0.4, -0.2) is 60.3 Å². The summed E-state index contributed by atoms with van der Waals surface area (Å²) < 4.78 is 32.7. The summed E-state index contributed by atoms with van der Waals surface area (Å²) in [5.74, 6) is 0.681. The summed E-state index contributed by atoms with van der Waals surface area (Å²) in [6.45, 7) is 4.80. The van der Waals surface area contributed by atoms with Crippen molar-refractivity contribution < 1.29 is 22.7 Å². The second-order valence-electron chi connectivity index (χ2n) is 6.31. The smallest absolute Gasteiger partial charge is 0.289 e.